The van der Waals surface area contributed by atoms with Crippen LogP contribution < -0.4 is 0 Å². The highest BCUT2D eigenvalue weighted by Crippen LogP contribution is 2.17. The van der Waals surface area contributed by atoms with Crippen LogP contribution in [0.25, 0.3) is 0 Å². The summed E-state index contributed by atoms with van der Waals surface area (Å²) in [7, 11) is 0. The Balaban J connectivity index is 4.23. The smallest absolute Gasteiger partial charge is 0.306 e. The third-order valence-electron chi connectivity index (χ3n) is 15.3. The Hall–Kier alpha value is -3.67. The second-order valence-corrected chi connectivity index (χ2v) is 23.4. The number of allylic oxidation sites excluding steroid dienone is 16. The molecule has 0 spiro atoms. The van der Waals surface area contributed by atoms with Crippen molar-refractivity contribution in [3.63, 3.8) is 0 Å². The monoisotopic (exact) mass is 1140 g/mol. The average Bonchev–Trinajstić information content (AvgIpc) is 3.47. The molecule has 0 aromatic carbocycles. The average molecular weight is 1140 g/mol. The molecule has 0 aliphatic rings. The molecule has 6 heteroatoms. The number of unbranched alkanes of at least 4 members (excludes halogenated alkanes) is 37. The lowest BCUT2D eigenvalue weighted by molar-refractivity contribution is -0.167. The second-order valence-electron chi connectivity index (χ2n) is 23.4. The standard InChI is InChI=1S/C76H132O6/c1-4-7-10-13-16-19-22-25-27-29-31-33-34-35-36-37-38-39-40-41-42-44-45-47-49-51-54-57-60-63-66-69-75(78)81-72-73(71-80-74(77)68-65-62-59-56-53-24-21-18-15-12-9-6-3)82-76(79)70-67-64-61-58-55-52-50-48-46-43-32-30-28-26-23-20-17-14-11-8-5-2/h8,11,17,20,22,25-26,28-29,31-32,34-35,43,48,50,73H,4-7,9-10,12-16,18-19,21,23-24,27,30,33,36-42,44-47,49,51-72H2,1-3H3/b11-8-,20-17-,25-22-,28-26-,31-29-,35-34-,43-32-,50-48-. The molecule has 0 fully saturated rings. The molecule has 0 radical (unpaired) electrons. The van der Waals surface area contributed by atoms with E-state index < -0.39 is 6.10 Å². The number of rotatable bonds is 64. The van der Waals surface area contributed by atoms with Gasteiger partial charge in [-0.3, -0.25) is 14.4 Å². The zero-order valence-electron chi connectivity index (χ0n) is 54.2. The second kappa shape index (κ2) is 69.8. The maximum Gasteiger partial charge on any atom is 0.306 e. The molecular formula is C76H132O6. The maximum atomic E-state index is 12.9. The van der Waals surface area contributed by atoms with Crippen LogP contribution >= 0.6 is 0 Å². The minimum Gasteiger partial charge on any atom is -0.462 e. The van der Waals surface area contributed by atoms with Crippen LogP contribution in [0.4, 0.5) is 0 Å². The van der Waals surface area contributed by atoms with Crippen molar-refractivity contribution in [2.45, 2.75) is 354 Å². The van der Waals surface area contributed by atoms with Gasteiger partial charge in [-0.1, -0.05) is 323 Å². The normalized spacial score (nSPS) is 12.7. The minimum atomic E-state index is -0.788. The van der Waals surface area contributed by atoms with E-state index in [1.165, 1.54) is 186 Å². The highest BCUT2D eigenvalue weighted by atomic mass is 16.6. The molecular weight excluding hydrogens is 1010 g/mol. The predicted molar refractivity (Wildman–Crippen MR) is 357 cm³/mol. The van der Waals surface area contributed by atoms with Gasteiger partial charge in [0.1, 0.15) is 13.2 Å². The Bertz CT molecular complexity index is 1590. The molecule has 0 aliphatic heterocycles. The van der Waals surface area contributed by atoms with Crippen molar-refractivity contribution in [1.82, 2.24) is 0 Å². The zero-order valence-corrected chi connectivity index (χ0v) is 54.2. The minimum absolute atomic E-state index is 0.0819. The Morgan fingerprint density at radius 1 is 0.256 bits per heavy atom. The van der Waals surface area contributed by atoms with E-state index in [0.717, 1.165) is 122 Å². The van der Waals surface area contributed by atoms with Crippen molar-refractivity contribution in [2.24, 2.45) is 0 Å². The number of hydrogen-bond donors (Lipinski definition) is 0. The van der Waals surface area contributed by atoms with Gasteiger partial charge in [-0.2, -0.15) is 0 Å². The van der Waals surface area contributed by atoms with Gasteiger partial charge in [0.05, 0.1) is 0 Å². The van der Waals surface area contributed by atoms with Gasteiger partial charge in [-0.05, 0) is 103 Å². The molecule has 0 aromatic heterocycles. The van der Waals surface area contributed by atoms with Gasteiger partial charge in [0.2, 0.25) is 0 Å². The van der Waals surface area contributed by atoms with Crippen molar-refractivity contribution in [1.29, 1.82) is 0 Å². The largest absolute Gasteiger partial charge is 0.462 e. The highest BCUT2D eigenvalue weighted by Gasteiger charge is 2.19. The summed E-state index contributed by atoms with van der Waals surface area (Å²) in [6.45, 7) is 6.53. The SMILES string of the molecule is CC/C=C\C/C=C\C/C=C\C/C=C\C/C=C\CCCCCCCC(=O)OC(COC(=O)CCCCCCCCCCCCCC)COC(=O)CCCCCCCCCCCCCCCCCC/C=C\C/C=C\C/C=C\CCCCCCC. The molecule has 0 N–H and O–H groups in total. The van der Waals surface area contributed by atoms with Crippen molar-refractivity contribution in [3.05, 3.63) is 97.2 Å². The summed E-state index contributed by atoms with van der Waals surface area (Å²) in [4.78, 5) is 38.4. The molecule has 0 aromatic rings. The van der Waals surface area contributed by atoms with Crippen molar-refractivity contribution in [2.75, 3.05) is 13.2 Å². The van der Waals surface area contributed by atoms with Crippen LogP contribution in [0.2, 0.25) is 0 Å². The van der Waals surface area contributed by atoms with Crippen LogP contribution in [0.15, 0.2) is 97.2 Å². The van der Waals surface area contributed by atoms with E-state index in [4.69, 9.17) is 14.2 Å². The molecule has 0 bridgehead atoms. The molecule has 6 nitrogen and oxygen atoms in total. The van der Waals surface area contributed by atoms with Crippen LogP contribution in [0.1, 0.15) is 348 Å². The van der Waals surface area contributed by atoms with E-state index in [1.807, 2.05) is 0 Å². The number of carbonyl (C=O) groups excluding carboxylic acids is 3. The van der Waals surface area contributed by atoms with Gasteiger partial charge >= 0.3 is 17.9 Å². The zero-order chi connectivity index (χ0) is 59.2. The molecule has 0 aliphatic carbocycles. The summed E-state index contributed by atoms with van der Waals surface area (Å²) in [6.07, 6.45) is 94.4. The van der Waals surface area contributed by atoms with Crippen LogP contribution in [0, 0.1) is 0 Å². The molecule has 1 atom stereocenters. The molecule has 472 valence electrons. The van der Waals surface area contributed by atoms with E-state index >= 15 is 0 Å². The first-order valence-electron chi connectivity index (χ1n) is 35.2. The van der Waals surface area contributed by atoms with Crippen molar-refractivity contribution >= 4 is 17.9 Å². The molecule has 0 amide bonds. The molecule has 1 unspecified atom stereocenters. The van der Waals surface area contributed by atoms with E-state index in [0.29, 0.717) is 19.3 Å². The first kappa shape index (κ1) is 78.3. The predicted octanol–water partition coefficient (Wildman–Crippen LogP) is 24.4. The fourth-order valence-electron chi connectivity index (χ4n) is 10.1. The summed E-state index contributed by atoms with van der Waals surface area (Å²) in [5.41, 5.74) is 0. The molecule has 82 heavy (non-hydrogen) atoms. The van der Waals surface area contributed by atoms with Gasteiger partial charge < -0.3 is 14.2 Å². The summed E-state index contributed by atoms with van der Waals surface area (Å²) < 4.78 is 17.0. The van der Waals surface area contributed by atoms with E-state index in [-0.39, 0.29) is 31.1 Å². The van der Waals surface area contributed by atoms with Gasteiger partial charge in [0, 0.05) is 19.3 Å². The molecule has 0 heterocycles. The quantitative estimate of drug-likeness (QED) is 0.0261. The molecule has 0 saturated heterocycles. The summed E-state index contributed by atoms with van der Waals surface area (Å²) >= 11 is 0. The summed E-state index contributed by atoms with van der Waals surface area (Å²) in [6, 6.07) is 0. The van der Waals surface area contributed by atoms with Gasteiger partial charge in [0.15, 0.2) is 6.10 Å². The summed E-state index contributed by atoms with van der Waals surface area (Å²) in [5.74, 6) is -0.886. The number of esters is 3. The maximum absolute atomic E-state index is 12.9. The van der Waals surface area contributed by atoms with Crippen LogP contribution in [0.3, 0.4) is 0 Å². The lowest BCUT2D eigenvalue weighted by Crippen LogP contribution is -2.30. The highest BCUT2D eigenvalue weighted by molar-refractivity contribution is 5.71. The third-order valence-corrected chi connectivity index (χ3v) is 15.3. The lowest BCUT2D eigenvalue weighted by atomic mass is 10.0. The van der Waals surface area contributed by atoms with Crippen LogP contribution in [-0.2, 0) is 28.6 Å². The Morgan fingerprint density at radius 2 is 0.476 bits per heavy atom. The van der Waals surface area contributed by atoms with Gasteiger partial charge in [0.25, 0.3) is 0 Å². The topological polar surface area (TPSA) is 78.9 Å². The lowest BCUT2D eigenvalue weighted by Gasteiger charge is -2.18. The number of ether oxygens (including phenoxy) is 3. The Morgan fingerprint density at radius 3 is 0.744 bits per heavy atom. The van der Waals surface area contributed by atoms with E-state index in [1.54, 1.807) is 0 Å². The van der Waals surface area contributed by atoms with Crippen molar-refractivity contribution in [3.8, 4) is 0 Å². The Kier molecular flexibility index (Phi) is 66.7. The van der Waals surface area contributed by atoms with Crippen molar-refractivity contribution < 1.29 is 28.6 Å². The molecule has 0 saturated carbocycles. The first-order chi connectivity index (χ1) is 40.5. The Labute approximate surface area is 508 Å². The molecule has 0 rings (SSSR count). The summed E-state index contributed by atoms with van der Waals surface area (Å²) in [5, 5.41) is 0. The van der Waals surface area contributed by atoms with Gasteiger partial charge in [-0.25, -0.2) is 0 Å². The van der Waals surface area contributed by atoms with Gasteiger partial charge in [-0.15, -0.1) is 0 Å². The first-order valence-corrected chi connectivity index (χ1v) is 35.2. The number of carbonyl (C=O) groups is 3. The van der Waals surface area contributed by atoms with Crippen LogP contribution in [0.5, 0.6) is 0 Å². The fraction of sp³-hybridized carbons (Fsp3) is 0.750. The third kappa shape index (κ3) is 67.1. The van der Waals surface area contributed by atoms with E-state index in [2.05, 4.69) is 118 Å². The number of hydrogen-bond acceptors (Lipinski definition) is 6. The van der Waals surface area contributed by atoms with E-state index in [9.17, 15) is 14.4 Å². The fourth-order valence-corrected chi connectivity index (χ4v) is 10.1. The van der Waals surface area contributed by atoms with Crippen LogP contribution in [-0.4, -0.2) is 37.2 Å².